The lowest BCUT2D eigenvalue weighted by Gasteiger charge is -2.04. The summed E-state index contributed by atoms with van der Waals surface area (Å²) in [6.07, 6.45) is 11.9. The number of hydrogen-bond donors (Lipinski definition) is 0. The number of ether oxygens (including phenoxy) is 2. The summed E-state index contributed by atoms with van der Waals surface area (Å²) in [5, 5.41) is 0. The Morgan fingerprint density at radius 3 is 2.67 bits per heavy atom. The number of imidazole rings is 2. The SMILES string of the molecule is COCCOc1cn(-c2cncc(-n3ccnc3)n2)cn1. The minimum absolute atomic E-state index is 0.453. The van der Waals surface area contributed by atoms with E-state index in [2.05, 4.69) is 19.9 Å². The van der Waals surface area contributed by atoms with Crippen molar-refractivity contribution >= 4 is 0 Å². The molecule has 8 heteroatoms. The highest BCUT2D eigenvalue weighted by Gasteiger charge is 2.05. The molecule has 0 aliphatic rings. The molecule has 0 unspecified atom stereocenters. The Kier molecular flexibility index (Phi) is 3.88. The first-order chi connectivity index (χ1) is 10.4. The van der Waals surface area contributed by atoms with Crippen LogP contribution in [0.4, 0.5) is 0 Å². The molecule has 3 rings (SSSR count). The molecule has 0 spiro atoms. The van der Waals surface area contributed by atoms with E-state index in [0.717, 1.165) is 0 Å². The molecular formula is C13H14N6O2. The molecule has 3 aromatic heterocycles. The molecule has 0 bridgehead atoms. The van der Waals surface area contributed by atoms with E-state index in [1.165, 1.54) is 0 Å². The van der Waals surface area contributed by atoms with Crippen LogP contribution in [0.5, 0.6) is 5.88 Å². The second kappa shape index (κ2) is 6.14. The van der Waals surface area contributed by atoms with Crippen molar-refractivity contribution in [2.45, 2.75) is 0 Å². The highest BCUT2D eigenvalue weighted by Crippen LogP contribution is 2.12. The van der Waals surface area contributed by atoms with Crippen molar-refractivity contribution in [2.24, 2.45) is 0 Å². The van der Waals surface area contributed by atoms with Gasteiger partial charge in [0.05, 0.1) is 25.2 Å². The van der Waals surface area contributed by atoms with Crippen LogP contribution in [0.2, 0.25) is 0 Å². The van der Waals surface area contributed by atoms with Crippen LogP contribution in [0, 0.1) is 0 Å². The smallest absolute Gasteiger partial charge is 0.232 e. The lowest BCUT2D eigenvalue weighted by molar-refractivity contribution is 0.144. The molecule has 0 saturated heterocycles. The Hall–Kier alpha value is -2.74. The Bertz CT molecular complexity index is 694. The molecular weight excluding hydrogens is 272 g/mol. The van der Waals surface area contributed by atoms with Gasteiger partial charge >= 0.3 is 0 Å². The van der Waals surface area contributed by atoms with Crippen LogP contribution >= 0.6 is 0 Å². The Labute approximate surface area is 121 Å². The van der Waals surface area contributed by atoms with Crippen molar-refractivity contribution in [3.8, 4) is 17.5 Å². The van der Waals surface area contributed by atoms with Crippen LogP contribution in [0.1, 0.15) is 0 Å². The van der Waals surface area contributed by atoms with Crippen LogP contribution in [0.3, 0.4) is 0 Å². The molecule has 0 amide bonds. The summed E-state index contributed by atoms with van der Waals surface area (Å²) in [4.78, 5) is 16.8. The van der Waals surface area contributed by atoms with Crippen molar-refractivity contribution < 1.29 is 9.47 Å². The first-order valence-electron chi connectivity index (χ1n) is 6.33. The van der Waals surface area contributed by atoms with Gasteiger partial charge in [0, 0.05) is 19.5 Å². The lowest BCUT2D eigenvalue weighted by atomic mass is 10.6. The van der Waals surface area contributed by atoms with Gasteiger partial charge in [-0.1, -0.05) is 0 Å². The fourth-order valence-electron chi connectivity index (χ4n) is 1.72. The summed E-state index contributed by atoms with van der Waals surface area (Å²) in [6, 6.07) is 0. The third kappa shape index (κ3) is 3.06. The number of hydrogen-bond acceptors (Lipinski definition) is 6. The number of rotatable bonds is 6. The fourth-order valence-corrected chi connectivity index (χ4v) is 1.72. The van der Waals surface area contributed by atoms with Gasteiger partial charge in [-0.05, 0) is 0 Å². The maximum absolute atomic E-state index is 5.43. The third-order valence-corrected chi connectivity index (χ3v) is 2.74. The topological polar surface area (TPSA) is 79.9 Å². The lowest BCUT2D eigenvalue weighted by Crippen LogP contribution is -2.04. The predicted molar refractivity (Wildman–Crippen MR) is 73.6 cm³/mol. The van der Waals surface area contributed by atoms with Gasteiger partial charge < -0.3 is 9.47 Å². The van der Waals surface area contributed by atoms with Crippen molar-refractivity contribution in [1.29, 1.82) is 0 Å². The average Bonchev–Trinajstić information content (AvgIpc) is 3.20. The summed E-state index contributed by atoms with van der Waals surface area (Å²) in [7, 11) is 1.62. The summed E-state index contributed by atoms with van der Waals surface area (Å²) in [6.45, 7) is 0.969. The largest absolute Gasteiger partial charge is 0.474 e. The Morgan fingerprint density at radius 2 is 1.90 bits per heavy atom. The molecule has 3 aromatic rings. The number of nitrogens with zero attached hydrogens (tertiary/aromatic N) is 6. The van der Waals surface area contributed by atoms with E-state index in [1.54, 1.807) is 59.9 Å². The van der Waals surface area contributed by atoms with Crippen LogP contribution in [-0.4, -0.2) is 49.4 Å². The Balaban J connectivity index is 1.79. The zero-order valence-corrected chi connectivity index (χ0v) is 11.5. The molecule has 0 N–H and O–H groups in total. The zero-order valence-electron chi connectivity index (χ0n) is 11.5. The second-order valence-electron chi connectivity index (χ2n) is 4.17. The average molecular weight is 286 g/mol. The zero-order chi connectivity index (χ0) is 14.5. The van der Waals surface area contributed by atoms with E-state index >= 15 is 0 Å². The summed E-state index contributed by atoms with van der Waals surface area (Å²) in [5.41, 5.74) is 0. The van der Waals surface area contributed by atoms with Crippen molar-refractivity contribution in [3.63, 3.8) is 0 Å². The van der Waals surface area contributed by atoms with E-state index in [-0.39, 0.29) is 0 Å². The number of aromatic nitrogens is 6. The monoisotopic (exact) mass is 286 g/mol. The van der Waals surface area contributed by atoms with Crippen molar-refractivity contribution in [3.05, 3.63) is 43.6 Å². The molecule has 21 heavy (non-hydrogen) atoms. The summed E-state index contributed by atoms with van der Waals surface area (Å²) < 4.78 is 13.9. The molecule has 0 aliphatic carbocycles. The molecule has 0 radical (unpaired) electrons. The molecule has 3 heterocycles. The predicted octanol–water partition coefficient (Wildman–Crippen LogP) is 0.873. The van der Waals surface area contributed by atoms with Gasteiger partial charge in [-0.3, -0.25) is 14.1 Å². The van der Waals surface area contributed by atoms with Gasteiger partial charge in [-0.25, -0.2) is 15.0 Å². The molecule has 108 valence electrons. The van der Waals surface area contributed by atoms with Crippen LogP contribution in [0.25, 0.3) is 11.6 Å². The van der Waals surface area contributed by atoms with Gasteiger partial charge in [0.1, 0.15) is 19.3 Å². The molecule has 0 aliphatic heterocycles. The van der Waals surface area contributed by atoms with E-state index < -0.39 is 0 Å². The summed E-state index contributed by atoms with van der Waals surface area (Å²) in [5.74, 6) is 1.85. The maximum atomic E-state index is 5.43. The molecule has 0 saturated carbocycles. The van der Waals surface area contributed by atoms with Gasteiger partial charge in [-0.15, -0.1) is 0 Å². The third-order valence-electron chi connectivity index (χ3n) is 2.74. The highest BCUT2D eigenvalue weighted by molar-refractivity contribution is 5.28. The first-order valence-corrected chi connectivity index (χ1v) is 6.33. The minimum Gasteiger partial charge on any atom is -0.474 e. The molecule has 0 fully saturated rings. The van der Waals surface area contributed by atoms with Gasteiger partial charge in [-0.2, -0.15) is 0 Å². The molecule has 0 aromatic carbocycles. The van der Waals surface area contributed by atoms with E-state index in [4.69, 9.17) is 9.47 Å². The highest BCUT2D eigenvalue weighted by atomic mass is 16.5. The van der Waals surface area contributed by atoms with Gasteiger partial charge in [0.25, 0.3) is 0 Å². The van der Waals surface area contributed by atoms with Crippen LogP contribution in [0.15, 0.2) is 43.6 Å². The van der Waals surface area contributed by atoms with E-state index in [1.807, 2.05) is 0 Å². The van der Waals surface area contributed by atoms with Crippen molar-refractivity contribution in [2.75, 3.05) is 20.3 Å². The Morgan fingerprint density at radius 1 is 1.05 bits per heavy atom. The van der Waals surface area contributed by atoms with E-state index in [0.29, 0.717) is 30.7 Å². The standard InChI is InChI=1S/C13H14N6O2/c1-20-4-5-21-13-8-19(10-16-13)12-7-15-6-11(17-12)18-3-2-14-9-18/h2-3,6-10H,4-5H2,1H3. The second-order valence-corrected chi connectivity index (χ2v) is 4.17. The van der Waals surface area contributed by atoms with Crippen LogP contribution < -0.4 is 4.74 Å². The van der Waals surface area contributed by atoms with Crippen LogP contribution in [-0.2, 0) is 4.74 Å². The summed E-state index contributed by atoms with van der Waals surface area (Å²) >= 11 is 0. The first kappa shape index (κ1) is 13.3. The number of methoxy groups -OCH3 is 1. The fraction of sp³-hybridized carbons (Fsp3) is 0.231. The molecule has 8 nitrogen and oxygen atoms in total. The quantitative estimate of drug-likeness (QED) is 0.626. The normalized spacial score (nSPS) is 10.7. The molecule has 0 atom stereocenters. The maximum Gasteiger partial charge on any atom is 0.232 e. The van der Waals surface area contributed by atoms with Gasteiger partial charge in [0.15, 0.2) is 11.6 Å². The van der Waals surface area contributed by atoms with Crippen molar-refractivity contribution in [1.82, 2.24) is 29.1 Å². The van der Waals surface area contributed by atoms with E-state index in [9.17, 15) is 0 Å². The van der Waals surface area contributed by atoms with Gasteiger partial charge in [0.2, 0.25) is 5.88 Å². The minimum atomic E-state index is 0.453.